The first-order valence-corrected chi connectivity index (χ1v) is 5.95. The number of hydrogen-bond acceptors (Lipinski definition) is 3. The lowest BCUT2D eigenvalue weighted by Gasteiger charge is -2.20. The third-order valence-electron chi connectivity index (χ3n) is 3.06. The molecule has 0 saturated heterocycles. The summed E-state index contributed by atoms with van der Waals surface area (Å²) in [6, 6.07) is 3.65. The Morgan fingerprint density at radius 2 is 2.29 bits per heavy atom. The van der Waals surface area contributed by atoms with Crippen molar-refractivity contribution in [3.8, 4) is 11.5 Å². The molecule has 2 rings (SSSR count). The van der Waals surface area contributed by atoms with Gasteiger partial charge >= 0.3 is 0 Å². The maximum atomic E-state index is 9.88. The Balaban J connectivity index is 2.31. The summed E-state index contributed by atoms with van der Waals surface area (Å²) in [4.78, 5) is 0. The molecule has 0 unspecified atom stereocenters. The van der Waals surface area contributed by atoms with E-state index in [4.69, 9.17) is 9.84 Å². The molecule has 0 radical (unpaired) electrons. The lowest BCUT2D eigenvalue weighted by Crippen LogP contribution is -2.10. The van der Waals surface area contributed by atoms with E-state index in [-0.39, 0.29) is 12.4 Å². The number of aromatic hydroxyl groups is 1. The van der Waals surface area contributed by atoms with Gasteiger partial charge in [0, 0.05) is 5.56 Å². The van der Waals surface area contributed by atoms with Crippen LogP contribution in [0.15, 0.2) is 23.8 Å². The van der Waals surface area contributed by atoms with Crippen LogP contribution in [0.3, 0.4) is 0 Å². The highest BCUT2D eigenvalue weighted by molar-refractivity contribution is 5.51. The molecule has 0 aliphatic carbocycles. The molecule has 0 aromatic heterocycles. The van der Waals surface area contributed by atoms with Crippen molar-refractivity contribution in [2.75, 3.05) is 13.2 Å². The van der Waals surface area contributed by atoms with Crippen molar-refractivity contribution in [1.82, 2.24) is 0 Å². The fraction of sp³-hybridized carbons (Fsp3) is 0.429. The molecular formula is C14H18O3. The van der Waals surface area contributed by atoms with E-state index in [2.05, 4.69) is 0 Å². The van der Waals surface area contributed by atoms with Gasteiger partial charge in [0.2, 0.25) is 0 Å². The van der Waals surface area contributed by atoms with Crippen LogP contribution >= 0.6 is 0 Å². The molecular weight excluding hydrogens is 216 g/mol. The molecule has 0 bridgehead atoms. The molecule has 0 atom stereocenters. The minimum Gasteiger partial charge on any atom is -0.508 e. The maximum absolute atomic E-state index is 9.88. The van der Waals surface area contributed by atoms with Crippen LogP contribution < -0.4 is 4.74 Å². The van der Waals surface area contributed by atoms with Crippen LogP contribution in [0.1, 0.15) is 24.5 Å². The van der Waals surface area contributed by atoms with Gasteiger partial charge in [0.25, 0.3) is 0 Å². The molecule has 2 N–H and O–H groups in total. The summed E-state index contributed by atoms with van der Waals surface area (Å²) in [5.74, 6) is 1.10. The fourth-order valence-electron chi connectivity index (χ4n) is 2.02. The third-order valence-corrected chi connectivity index (χ3v) is 3.06. The highest BCUT2D eigenvalue weighted by Gasteiger charge is 2.16. The van der Waals surface area contributed by atoms with Gasteiger partial charge in [0.05, 0.1) is 13.2 Å². The number of hydrogen-bond donors (Lipinski definition) is 2. The number of rotatable bonds is 3. The largest absolute Gasteiger partial charge is 0.508 e. The Bertz CT molecular complexity index is 435. The average molecular weight is 234 g/mol. The molecule has 3 heteroatoms. The van der Waals surface area contributed by atoms with Crippen molar-refractivity contribution in [3.63, 3.8) is 0 Å². The van der Waals surface area contributed by atoms with E-state index >= 15 is 0 Å². The summed E-state index contributed by atoms with van der Waals surface area (Å²) < 4.78 is 5.65. The number of aliphatic hydroxyl groups excluding tert-OH is 1. The van der Waals surface area contributed by atoms with Crippen LogP contribution in [0.5, 0.6) is 11.5 Å². The van der Waals surface area contributed by atoms with Gasteiger partial charge < -0.3 is 14.9 Å². The summed E-state index contributed by atoms with van der Waals surface area (Å²) >= 11 is 0. The summed E-state index contributed by atoms with van der Waals surface area (Å²) in [6.07, 6.45) is 4.56. The number of phenolic OH excluding ortho intramolecular Hbond substituents is 1. The molecule has 1 aliphatic rings. The lowest BCUT2D eigenvalue weighted by atomic mass is 9.99. The van der Waals surface area contributed by atoms with Crippen LogP contribution in [0.25, 0.3) is 0 Å². The zero-order valence-electron chi connectivity index (χ0n) is 10.1. The fourth-order valence-corrected chi connectivity index (χ4v) is 2.02. The van der Waals surface area contributed by atoms with Gasteiger partial charge in [-0.2, -0.15) is 0 Å². The maximum Gasteiger partial charge on any atom is 0.129 e. The minimum atomic E-state index is 0.0522. The second kappa shape index (κ2) is 5.23. The second-order valence-electron chi connectivity index (χ2n) is 4.42. The Kier molecular flexibility index (Phi) is 3.69. The number of fused-ring (bicyclic) bond motifs is 1. The lowest BCUT2D eigenvalue weighted by molar-refractivity contribution is 0.283. The van der Waals surface area contributed by atoms with E-state index < -0.39 is 0 Å². The number of aliphatic hydroxyl groups is 1. The summed E-state index contributed by atoms with van der Waals surface area (Å²) in [7, 11) is 0. The zero-order valence-corrected chi connectivity index (χ0v) is 10.1. The van der Waals surface area contributed by atoms with E-state index in [1.54, 1.807) is 6.07 Å². The highest BCUT2D eigenvalue weighted by atomic mass is 16.5. The van der Waals surface area contributed by atoms with Gasteiger partial charge in [-0.3, -0.25) is 0 Å². The van der Waals surface area contributed by atoms with Crippen LogP contribution in [-0.4, -0.2) is 23.4 Å². The van der Waals surface area contributed by atoms with Crippen molar-refractivity contribution in [3.05, 3.63) is 34.9 Å². The summed E-state index contributed by atoms with van der Waals surface area (Å²) in [6.45, 7) is 2.64. The van der Waals surface area contributed by atoms with Gasteiger partial charge in [-0.25, -0.2) is 0 Å². The Morgan fingerprint density at radius 1 is 1.47 bits per heavy atom. The van der Waals surface area contributed by atoms with Gasteiger partial charge in [0.15, 0.2) is 0 Å². The second-order valence-corrected chi connectivity index (χ2v) is 4.42. The molecule has 0 amide bonds. The molecule has 0 spiro atoms. The number of benzene rings is 1. The standard InChI is InChI=1S/C14H18O3/c1-10(9-15)4-6-12-13(16)7-5-11-3-2-8-17-14(11)12/h4-5,7,15-16H,2-3,6,8-9H2,1H3/b10-4+. The molecule has 1 aromatic rings. The van der Waals surface area contributed by atoms with Crippen molar-refractivity contribution >= 4 is 0 Å². The topological polar surface area (TPSA) is 49.7 Å². The third kappa shape index (κ3) is 2.61. The zero-order chi connectivity index (χ0) is 12.3. The van der Waals surface area contributed by atoms with Crippen molar-refractivity contribution < 1.29 is 14.9 Å². The summed E-state index contributed by atoms with van der Waals surface area (Å²) in [5.41, 5.74) is 2.90. The predicted molar refractivity (Wildman–Crippen MR) is 66.5 cm³/mol. The molecule has 3 nitrogen and oxygen atoms in total. The first kappa shape index (κ1) is 12.0. The number of allylic oxidation sites excluding steroid dienone is 1. The van der Waals surface area contributed by atoms with E-state index in [9.17, 15) is 5.11 Å². The minimum absolute atomic E-state index is 0.0522. The predicted octanol–water partition coefficient (Wildman–Crippen LogP) is 2.20. The molecule has 1 aromatic carbocycles. The van der Waals surface area contributed by atoms with Crippen LogP contribution in [0, 0.1) is 0 Å². The smallest absolute Gasteiger partial charge is 0.129 e. The van der Waals surface area contributed by atoms with E-state index in [1.807, 2.05) is 19.1 Å². The Labute approximate surface area is 101 Å². The molecule has 0 saturated carbocycles. The number of aryl methyl sites for hydroxylation is 1. The van der Waals surface area contributed by atoms with Crippen LogP contribution in [-0.2, 0) is 12.8 Å². The number of phenols is 1. The van der Waals surface area contributed by atoms with Gasteiger partial charge in [-0.15, -0.1) is 0 Å². The average Bonchev–Trinajstić information content (AvgIpc) is 2.37. The van der Waals surface area contributed by atoms with Crippen molar-refractivity contribution in [2.24, 2.45) is 0 Å². The normalized spacial score (nSPS) is 15.3. The van der Waals surface area contributed by atoms with E-state index in [0.29, 0.717) is 13.0 Å². The molecule has 17 heavy (non-hydrogen) atoms. The van der Waals surface area contributed by atoms with Gasteiger partial charge in [-0.05, 0) is 37.8 Å². The molecule has 0 fully saturated rings. The van der Waals surface area contributed by atoms with Gasteiger partial charge in [0.1, 0.15) is 11.5 Å². The quantitative estimate of drug-likeness (QED) is 0.788. The molecule has 1 heterocycles. The molecule has 1 aliphatic heterocycles. The van der Waals surface area contributed by atoms with Crippen molar-refractivity contribution in [1.29, 1.82) is 0 Å². The first-order chi connectivity index (χ1) is 8.22. The van der Waals surface area contributed by atoms with E-state index in [0.717, 1.165) is 29.7 Å². The van der Waals surface area contributed by atoms with Gasteiger partial charge in [-0.1, -0.05) is 17.7 Å². The highest BCUT2D eigenvalue weighted by Crippen LogP contribution is 2.35. The van der Waals surface area contributed by atoms with E-state index in [1.165, 1.54) is 5.56 Å². The first-order valence-electron chi connectivity index (χ1n) is 5.95. The Hall–Kier alpha value is -1.48. The monoisotopic (exact) mass is 234 g/mol. The molecule has 92 valence electrons. The number of ether oxygens (including phenoxy) is 1. The van der Waals surface area contributed by atoms with Crippen LogP contribution in [0.4, 0.5) is 0 Å². The SMILES string of the molecule is C/C(=C\Cc1c(O)ccc2c1OCCC2)CO. The Morgan fingerprint density at radius 3 is 3.06 bits per heavy atom. The summed E-state index contributed by atoms with van der Waals surface area (Å²) in [5, 5.41) is 18.8. The van der Waals surface area contributed by atoms with Crippen LogP contribution in [0.2, 0.25) is 0 Å². The van der Waals surface area contributed by atoms with Crippen molar-refractivity contribution in [2.45, 2.75) is 26.2 Å².